The Morgan fingerprint density at radius 2 is 1.94 bits per heavy atom. The number of aromatic nitrogens is 4. The summed E-state index contributed by atoms with van der Waals surface area (Å²) in [7, 11) is 0. The molecule has 0 saturated heterocycles. The van der Waals surface area contributed by atoms with Crippen LogP contribution >= 0.6 is 11.6 Å². The van der Waals surface area contributed by atoms with Crippen molar-refractivity contribution in [3.8, 4) is 11.4 Å². The summed E-state index contributed by atoms with van der Waals surface area (Å²) in [6.45, 7) is 2.13. The van der Waals surface area contributed by atoms with E-state index in [1.807, 2.05) is 16.5 Å². The van der Waals surface area contributed by atoms with Crippen LogP contribution in [0.15, 0.2) is 36.7 Å². The number of hydrogen-bond donors (Lipinski definition) is 0. The molecule has 0 spiro atoms. The molecular weight excluding hydrogens is 248 g/mol. The van der Waals surface area contributed by atoms with Crippen molar-refractivity contribution in [3.05, 3.63) is 47.4 Å². The van der Waals surface area contributed by atoms with Gasteiger partial charge in [-0.2, -0.15) is 0 Å². The first-order valence-corrected chi connectivity index (χ1v) is 6.11. The van der Waals surface area contributed by atoms with Gasteiger partial charge < -0.3 is 0 Å². The molecule has 3 rings (SSSR count). The molecule has 0 aliphatic carbocycles. The third-order valence-corrected chi connectivity index (χ3v) is 3.09. The second-order valence-electron chi connectivity index (χ2n) is 4.01. The smallest absolute Gasteiger partial charge is 0.169 e. The summed E-state index contributed by atoms with van der Waals surface area (Å²) < 4.78 is 1.83. The van der Waals surface area contributed by atoms with Crippen LogP contribution in [-0.2, 0) is 6.42 Å². The number of halogens is 1. The quantitative estimate of drug-likeness (QED) is 0.664. The van der Waals surface area contributed by atoms with Gasteiger partial charge in [-0.1, -0.05) is 42.8 Å². The lowest BCUT2D eigenvalue weighted by molar-refractivity contribution is 1.08. The van der Waals surface area contributed by atoms with Crippen LogP contribution in [0.1, 0.15) is 12.5 Å². The molecule has 0 saturated carbocycles. The summed E-state index contributed by atoms with van der Waals surface area (Å²) in [4.78, 5) is 4.05. The Labute approximate surface area is 109 Å². The zero-order valence-electron chi connectivity index (χ0n) is 9.84. The van der Waals surface area contributed by atoms with E-state index >= 15 is 0 Å². The molecule has 0 aliphatic heterocycles. The van der Waals surface area contributed by atoms with Gasteiger partial charge in [0.1, 0.15) is 11.5 Å². The Bertz CT molecular complexity index is 688. The summed E-state index contributed by atoms with van der Waals surface area (Å²) in [5, 5.41) is 8.68. The van der Waals surface area contributed by atoms with Crippen LogP contribution in [0.2, 0.25) is 5.15 Å². The van der Waals surface area contributed by atoms with Gasteiger partial charge in [-0.05, 0) is 12.0 Å². The molecule has 90 valence electrons. The molecule has 4 nitrogen and oxygen atoms in total. The van der Waals surface area contributed by atoms with E-state index in [-0.39, 0.29) is 0 Å². The van der Waals surface area contributed by atoms with Gasteiger partial charge in [0.05, 0.1) is 0 Å². The zero-order chi connectivity index (χ0) is 12.5. The SMILES string of the molecule is CCc1ccc(-c2nnc3cc(Cl)ncn23)cc1. The van der Waals surface area contributed by atoms with Crippen molar-refractivity contribution in [1.29, 1.82) is 0 Å². The zero-order valence-corrected chi connectivity index (χ0v) is 10.6. The minimum atomic E-state index is 0.419. The monoisotopic (exact) mass is 258 g/mol. The topological polar surface area (TPSA) is 43.1 Å². The molecule has 0 atom stereocenters. The fourth-order valence-electron chi connectivity index (χ4n) is 1.86. The molecule has 0 radical (unpaired) electrons. The normalized spacial score (nSPS) is 11.0. The van der Waals surface area contributed by atoms with Gasteiger partial charge in [-0.25, -0.2) is 4.98 Å². The highest BCUT2D eigenvalue weighted by atomic mass is 35.5. The maximum absolute atomic E-state index is 5.82. The maximum Gasteiger partial charge on any atom is 0.169 e. The summed E-state index contributed by atoms with van der Waals surface area (Å²) in [5.74, 6) is 0.775. The predicted octanol–water partition coefficient (Wildman–Crippen LogP) is 3.01. The van der Waals surface area contributed by atoms with E-state index in [1.165, 1.54) is 5.56 Å². The van der Waals surface area contributed by atoms with Gasteiger partial charge in [0.25, 0.3) is 0 Å². The Balaban J connectivity index is 2.13. The third-order valence-electron chi connectivity index (χ3n) is 2.89. The van der Waals surface area contributed by atoms with Crippen molar-refractivity contribution in [2.45, 2.75) is 13.3 Å². The lowest BCUT2D eigenvalue weighted by atomic mass is 10.1. The molecule has 2 heterocycles. The van der Waals surface area contributed by atoms with Crippen LogP contribution in [0.25, 0.3) is 17.0 Å². The molecule has 0 bridgehead atoms. The molecule has 18 heavy (non-hydrogen) atoms. The van der Waals surface area contributed by atoms with Gasteiger partial charge in [0, 0.05) is 11.6 Å². The van der Waals surface area contributed by atoms with Crippen LogP contribution in [0, 0.1) is 0 Å². The molecule has 0 unspecified atom stereocenters. The Hall–Kier alpha value is -1.94. The predicted molar refractivity (Wildman–Crippen MR) is 70.6 cm³/mol. The fourth-order valence-corrected chi connectivity index (χ4v) is 2.00. The summed E-state index contributed by atoms with van der Waals surface area (Å²) >= 11 is 5.82. The molecule has 2 aromatic heterocycles. The molecule has 0 aliphatic rings. The Morgan fingerprint density at radius 3 is 2.67 bits per heavy atom. The standard InChI is InChI=1S/C13H11ClN4/c1-2-9-3-5-10(6-4-9)13-17-16-12-7-11(14)15-8-18(12)13/h3-8H,2H2,1H3. The van der Waals surface area contributed by atoms with Crippen LogP contribution in [0.5, 0.6) is 0 Å². The van der Waals surface area contributed by atoms with Crippen molar-refractivity contribution >= 4 is 17.2 Å². The lowest BCUT2D eigenvalue weighted by Crippen LogP contribution is -1.91. The molecule has 5 heteroatoms. The van der Waals surface area contributed by atoms with E-state index in [9.17, 15) is 0 Å². The van der Waals surface area contributed by atoms with Crippen molar-refractivity contribution in [3.63, 3.8) is 0 Å². The molecule has 3 aromatic rings. The highest BCUT2D eigenvalue weighted by Gasteiger charge is 2.08. The van der Waals surface area contributed by atoms with E-state index in [4.69, 9.17) is 11.6 Å². The van der Waals surface area contributed by atoms with E-state index in [0.29, 0.717) is 10.8 Å². The van der Waals surface area contributed by atoms with Crippen LogP contribution < -0.4 is 0 Å². The van der Waals surface area contributed by atoms with Crippen LogP contribution in [-0.4, -0.2) is 19.6 Å². The fraction of sp³-hybridized carbons (Fsp3) is 0.154. The maximum atomic E-state index is 5.82. The van der Waals surface area contributed by atoms with Crippen LogP contribution in [0.4, 0.5) is 0 Å². The second kappa shape index (κ2) is 4.38. The van der Waals surface area contributed by atoms with Gasteiger partial charge in [-0.3, -0.25) is 4.40 Å². The van der Waals surface area contributed by atoms with Crippen molar-refractivity contribution in [2.24, 2.45) is 0 Å². The number of hydrogen-bond acceptors (Lipinski definition) is 3. The molecular formula is C13H11ClN4. The second-order valence-corrected chi connectivity index (χ2v) is 4.40. The minimum Gasteiger partial charge on any atom is -0.265 e. The lowest BCUT2D eigenvalue weighted by Gasteiger charge is -2.01. The van der Waals surface area contributed by atoms with E-state index < -0.39 is 0 Å². The average Bonchev–Trinajstić information content (AvgIpc) is 2.81. The van der Waals surface area contributed by atoms with Gasteiger partial charge >= 0.3 is 0 Å². The Kier molecular flexibility index (Phi) is 2.72. The van der Waals surface area contributed by atoms with E-state index in [1.54, 1.807) is 12.4 Å². The summed E-state index contributed by atoms with van der Waals surface area (Å²) in [6.07, 6.45) is 2.67. The van der Waals surface area contributed by atoms with E-state index in [2.05, 4.69) is 34.2 Å². The summed E-state index contributed by atoms with van der Waals surface area (Å²) in [6, 6.07) is 9.98. The average molecular weight is 259 g/mol. The van der Waals surface area contributed by atoms with Gasteiger partial charge in [0.2, 0.25) is 0 Å². The number of benzene rings is 1. The number of fused-ring (bicyclic) bond motifs is 1. The third kappa shape index (κ3) is 1.84. The first-order chi connectivity index (χ1) is 8.78. The summed E-state index contributed by atoms with van der Waals surface area (Å²) in [5.41, 5.74) is 3.02. The highest BCUT2D eigenvalue weighted by molar-refractivity contribution is 6.29. The Morgan fingerprint density at radius 1 is 1.17 bits per heavy atom. The highest BCUT2D eigenvalue weighted by Crippen LogP contribution is 2.19. The molecule has 0 fully saturated rings. The molecule has 0 N–H and O–H groups in total. The first kappa shape index (κ1) is 11.2. The van der Waals surface area contributed by atoms with Gasteiger partial charge in [-0.15, -0.1) is 10.2 Å². The number of nitrogens with zero attached hydrogens (tertiary/aromatic N) is 4. The molecule has 0 amide bonds. The first-order valence-electron chi connectivity index (χ1n) is 5.73. The largest absolute Gasteiger partial charge is 0.265 e. The minimum absolute atomic E-state index is 0.419. The van der Waals surface area contributed by atoms with E-state index in [0.717, 1.165) is 17.8 Å². The molecule has 1 aromatic carbocycles. The van der Waals surface area contributed by atoms with Crippen LogP contribution in [0.3, 0.4) is 0 Å². The van der Waals surface area contributed by atoms with Gasteiger partial charge in [0.15, 0.2) is 11.5 Å². The number of rotatable bonds is 2. The number of aryl methyl sites for hydroxylation is 1. The van der Waals surface area contributed by atoms with Crippen molar-refractivity contribution in [1.82, 2.24) is 19.6 Å². The van der Waals surface area contributed by atoms with Crippen molar-refractivity contribution in [2.75, 3.05) is 0 Å². The van der Waals surface area contributed by atoms with Crippen molar-refractivity contribution < 1.29 is 0 Å².